The van der Waals surface area contributed by atoms with Gasteiger partial charge in [0.2, 0.25) is 0 Å². The largest absolute Gasteiger partial charge is 0.467 e. The third-order valence-corrected chi connectivity index (χ3v) is 7.90. The lowest BCUT2D eigenvalue weighted by Gasteiger charge is -2.22. The number of carbonyl (C=O) groups excluding carboxylic acids is 2. The SMILES string of the molecule is COC(=O)[C@H](Cc1ccc([I+]c2c(C)cc(C)cc2C)cc1)NC(=O)OC(C)(C)C. The van der Waals surface area contributed by atoms with E-state index >= 15 is 0 Å². The molecule has 162 valence electrons. The van der Waals surface area contributed by atoms with Crippen LogP contribution in [0.25, 0.3) is 0 Å². The van der Waals surface area contributed by atoms with Crippen molar-refractivity contribution in [2.75, 3.05) is 7.11 Å². The van der Waals surface area contributed by atoms with Crippen molar-refractivity contribution in [2.45, 2.75) is 59.6 Å². The van der Waals surface area contributed by atoms with Crippen molar-refractivity contribution < 1.29 is 40.3 Å². The predicted molar refractivity (Wildman–Crippen MR) is 113 cm³/mol. The molecule has 0 spiro atoms. The van der Waals surface area contributed by atoms with E-state index in [2.05, 4.69) is 50.4 Å². The smallest absolute Gasteiger partial charge is 0.408 e. The molecule has 0 aliphatic heterocycles. The normalized spacial score (nSPS) is 12.2. The fraction of sp³-hybridized carbons (Fsp3) is 0.417. The Labute approximate surface area is 189 Å². The second-order valence-electron chi connectivity index (χ2n) is 8.36. The number of amides is 1. The standard InChI is InChI=1S/C24H30INO4/c1-15-12-16(2)21(17(3)13-15)25-19-10-8-18(9-11-19)14-20(22(27)29-7)26-23(28)30-24(4,5)6/h8-13,20H,14H2,1-7H3/p+1/t20-/m0/s1. The van der Waals surface area contributed by atoms with E-state index in [0.29, 0.717) is 6.42 Å². The average molecular weight is 524 g/mol. The van der Waals surface area contributed by atoms with Crippen LogP contribution in [-0.4, -0.2) is 30.8 Å². The molecule has 0 unspecified atom stereocenters. The van der Waals surface area contributed by atoms with Crippen LogP contribution in [0.2, 0.25) is 0 Å². The summed E-state index contributed by atoms with van der Waals surface area (Å²) >= 11 is -0.289. The van der Waals surface area contributed by atoms with Crippen LogP contribution in [0.5, 0.6) is 0 Å². The zero-order valence-electron chi connectivity index (χ0n) is 18.8. The number of rotatable bonds is 6. The minimum absolute atomic E-state index is 0.289. The van der Waals surface area contributed by atoms with E-state index in [4.69, 9.17) is 9.47 Å². The van der Waals surface area contributed by atoms with Crippen LogP contribution in [0.3, 0.4) is 0 Å². The molecule has 0 fully saturated rings. The summed E-state index contributed by atoms with van der Waals surface area (Å²) in [5.41, 5.74) is 4.29. The maximum Gasteiger partial charge on any atom is 0.408 e. The molecule has 0 saturated carbocycles. The van der Waals surface area contributed by atoms with Crippen molar-refractivity contribution in [3.63, 3.8) is 0 Å². The lowest BCUT2D eigenvalue weighted by atomic mass is 10.1. The Hall–Kier alpha value is -2.09. The van der Waals surface area contributed by atoms with E-state index in [-0.39, 0.29) is 21.2 Å². The van der Waals surface area contributed by atoms with Gasteiger partial charge in [-0.25, -0.2) is 9.59 Å². The molecule has 5 nitrogen and oxygen atoms in total. The Bertz CT molecular complexity index is 877. The summed E-state index contributed by atoms with van der Waals surface area (Å²) in [6.45, 7) is 11.8. The first kappa shape index (κ1) is 24.2. The maximum atomic E-state index is 12.1. The molecule has 1 amide bonds. The molecule has 0 saturated heterocycles. The van der Waals surface area contributed by atoms with Crippen molar-refractivity contribution >= 4 is 12.1 Å². The highest BCUT2D eigenvalue weighted by molar-refractivity contribution is 5.81. The molecule has 1 N–H and O–H groups in total. The Morgan fingerprint density at radius 3 is 2.10 bits per heavy atom. The zero-order valence-corrected chi connectivity index (χ0v) is 20.9. The van der Waals surface area contributed by atoms with E-state index in [0.717, 1.165) is 5.56 Å². The van der Waals surface area contributed by atoms with Crippen LogP contribution < -0.4 is 26.5 Å². The highest BCUT2D eigenvalue weighted by atomic mass is 127. The summed E-state index contributed by atoms with van der Waals surface area (Å²) in [6.07, 6.45) is -0.293. The molecule has 0 aromatic heterocycles. The Balaban J connectivity index is 2.10. The van der Waals surface area contributed by atoms with Crippen LogP contribution in [0, 0.1) is 27.9 Å². The van der Waals surface area contributed by atoms with Gasteiger partial charge in [-0.15, -0.1) is 0 Å². The van der Waals surface area contributed by atoms with Crippen molar-refractivity contribution in [2.24, 2.45) is 0 Å². The summed E-state index contributed by atoms with van der Waals surface area (Å²) in [6, 6.07) is 11.9. The number of halogens is 1. The average Bonchev–Trinajstić information content (AvgIpc) is 2.63. The lowest BCUT2D eigenvalue weighted by molar-refractivity contribution is -0.598. The fourth-order valence-electron chi connectivity index (χ4n) is 3.13. The van der Waals surface area contributed by atoms with Gasteiger partial charge in [-0.1, -0.05) is 29.8 Å². The highest BCUT2D eigenvalue weighted by Gasteiger charge is 2.26. The summed E-state index contributed by atoms with van der Waals surface area (Å²) in [4.78, 5) is 24.2. The number of hydrogen-bond acceptors (Lipinski definition) is 4. The predicted octanol–water partition coefficient (Wildman–Crippen LogP) is 1.35. The van der Waals surface area contributed by atoms with Crippen molar-refractivity contribution in [3.8, 4) is 0 Å². The molecule has 0 radical (unpaired) electrons. The Kier molecular flexibility index (Phi) is 8.29. The maximum absolute atomic E-state index is 12.1. The molecule has 0 bridgehead atoms. The number of ether oxygens (including phenoxy) is 2. The molecule has 2 aromatic rings. The van der Waals surface area contributed by atoms with Crippen LogP contribution in [-0.2, 0) is 20.7 Å². The van der Waals surface area contributed by atoms with Gasteiger partial charge in [-0.05, 0) is 59.2 Å². The Morgan fingerprint density at radius 1 is 1.03 bits per heavy atom. The molecule has 2 aromatic carbocycles. The van der Waals surface area contributed by atoms with Crippen LogP contribution >= 0.6 is 0 Å². The van der Waals surface area contributed by atoms with Gasteiger partial charge in [0.05, 0.1) is 7.11 Å². The molecule has 2 rings (SSSR count). The van der Waals surface area contributed by atoms with Crippen molar-refractivity contribution in [1.82, 2.24) is 5.32 Å². The van der Waals surface area contributed by atoms with E-state index < -0.39 is 23.7 Å². The van der Waals surface area contributed by atoms with Crippen LogP contribution in [0.4, 0.5) is 4.79 Å². The first-order chi connectivity index (χ1) is 14.0. The minimum Gasteiger partial charge on any atom is -0.467 e. The third-order valence-electron chi connectivity index (χ3n) is 4.31. The topological polar surface area (TPSA) is 64.6 Å². The van der Waals surface area contributed by atoms with Gasteiger partial charge < -0.3 is 14.8 Å². The Morgan fingerprint density at radius 2 is 1.60 bits per heavy atom. The summed E-state index contributed by atoms with van der Waals surface area (Å²) in [5, 5.41) is 2.62. The molecule has 1 atom stereocenters. The first-order valence-electron chi connectivity index (χ1n) is 9.87. The summed E-state index contributed by atoms with van der Waals surface area (Å²) < 4.78 is 12.9. The van der Waals surface area contributed by atoms with Gasteiger partial charge in [0.15, 0.2) is 7.14 Å². The molecule has 30 heavy (non-hydrogen) atoms. The number of hydrogen-bond donors (Lipinski definition) is 1. The first-order valence-corrected chi connectivity index (χ1v) is 12.0. The van der Waals surface area contributed by atoms with Crippen molar-refractivity contribution in [1.29, 1.82) is 0 Å². The van der Waals surface area contributed by atoms with E-state index in [1.807, 2.05) is 12.1 Å². The second kappa shape index (κ2) is 10.3. The number of alkyl carbamates (subject to hydrolysis) is 1. The number of carbonyl (C=O) groups is 2. The number of aryl methyl sites for hydroxylation is 3. The molecule has 0 aliphatic carbocycles. The summed E-state index contributed by atoms with van der Waals surface area (Å²) in [7, 11) is 1.31. The monoisotopic (exact) mass is 524 g/mol. The van der Waals surface area contributed by atoms with Gasteiger partial charge in [0.25, 0.3) is 0 Å². The van der Waals surface area contributed by atoms with Gasteiger partial charge in [-0.2, -0.15) is 0 Å². The van der Waals surface area contributed by atoms with Gasteiger partial charge in [-0.3, -0.25) is 0 Å². The zero-order chi connectivity index (χ0) is 22.5. The fourth-order valence-corrected chi connectivity index (χ4v) is 5.63. The lowest BCUT2D eigenvalue weighted by Crippen LogP contribution is -3.62. The molecule has 0 heterocycles. The molecule has 6 heteroatoms. The number of nitrogens with one attached hydrogen (secondary N) is 1. The van der Waals surface area contributed by atoms with E-state index in [9.17, 15) is 9.59 Å². The molecule has 0 aliphatic rings. The van der Waals surface area contributed by atoms with Crippen LogP contribution in [0.1, 0.15) is 43.0 Å². The van der Waals surface area contributed by atoms with Crippen molar-refractivity contribution in [3.05, 3.63) is 65.8 Å². The van der Waals surface area contributed by atoms with E-state index in [1.165, 1.54) is 30.9 Å². The molecular formula is C24H31INO4+. The van der Waals surface area contributed by atoms with E-state index in [1.54, 1.807) is 20.8 Å². The highest BCUT2D eigenvalue weighted by Crippen LogP contribution is 2.10. The van der Waals surface area contributed by atoms with Crippen LogP contribution in [0.15, 0.2) is 36.4 Å². The van der Waals surface area contributed by atoms with Gasteiger partial charge in [0, 0.05) is 17.5 Å². The third kappa shape index (κ3) is 7.31. The number of esters is 1. The quantitative estimate of drug-likeness (QED) is 0.458. The molecular weight excluding hydrogens is 493 g/mol. The number of methoxy groups -OCH3 is 1. The van der Waals surface area contributed by atoms with Gasteiger partial charge in [0.1, 0.15) is 11.6 Å². The summed E-state index contributed by atoms with van der Waals surface area (Å²) in [5.74, 6) is -0.497. The second-order valence-corrected chi connectivity index (χ2v) is 11.2. The number of benzene rings is 2. The van der Waals surface area contributed by atoms with Gasteiger partial charge >= 0.3 is 33.3 Å². The minimum atomic E-state index is -0.799.